The summed E-state index contributed by atoms with van der Waals surface area (Å²) in [6.07, 6.45) is 0.502. The molecule has 0 aliphatic carbocycles. The Balaban J connectivity index is 1.39. The van der Waals surface area contributed by atoms with Gasteiger partial charge in [-0.05, 0) is 40.6 Å². The summed E-state index contributed by atoms with van der Waals surface area (Å²) in [6.45, 7) is 0.380. The van der Waals surface area contributed by atoms with Gasteiger partial charge in [-0.3, -0.25) is 14.5 Å². The first-order chi connectivity index (χ1) is 15.2. The molecule has 0 bridgehead atoms. The Hall–Kier alpha value is -3.92. The van der Waals surface area contributed by atoms with E-state index in [1.807, 2.05) is 66.7 Å². The third kappa shape index (κ3) is 3.57. The average Bonchev–Trinajstić information content (AvgIpc) is 3.07. The van der Waals surface area contributed by atoms with Gasteiger partial charge in [-0.2, -0.15) is 0 Å². The highest BCUT2D eigenvalue weighted by molar-refractivity contribution is 6.21. The Morgan fingerprint density at radius 2 is 1.29 bits per heavy atom. The summed E-state index contributed by atoms with van der Waals surface area (Å²) >= 11 is 0. The highest BCUT2D eigenvalue weighted by Gasteiger charge is 2.40. The molecule has 5 rings (SSSR count). The molecule has 0 saturated heterocycles. The first kappa shape index (κ1) is 19.1. The third-order valence-electron chi connectivity index (χ3n) is 5.70. The van der Waals surface area contributed by atoms with Crippen LogP contribution in [0, 0.1) is 0 Å². The highest BCUT2D eigenvalue weighted by atomic mass is 16.5. The van der Waals surface area contributed by atoms with Gasteiger partial charge in [-0.15, -0.1) is 0 Å². The van der Waals surface area contributed by atoms with Crippen LogP contribution in [0.5, 0.6) is 5.75 Å². The van der Waals surface area contributed by atoms with Crippen LogP contribution in [-0.4, -0.2) is 23.3 Å². The van der Waals surface area contributed by atoms with Crippen molar-refractivity contribution in [2.45, 2.75) is 12.5 Å². The summed E-state index contributed by atoms with van der Waals surface area (Å²) < 4.78 is 6.02. The lowest BCUT2D eigenvalue weighted by atomic mass is 10.0. The van der Waals surface area contributed by atoms with Crippen LogP contribution in [0.1, 0.15) is 38.7 Å². The molecule has 152 valence electrons. The molecule has 2 amide bonds. The number of carbonyl (C=O) groups is 2. The fourth-order valence-corrected chi connectivity index (χ4v) is 4.16. The van der Waals surface area contributed by atoms with Crippen molar-refractivity contribution >= 4 is 22.6 Å². The van der Waals surface area contributed by atoms with Crippen LogP contribution in [-0.2, 0) is 0 Å². The zero-order chi connectivity index (χ0) is 21.2. The van der Waals surface area contributed by atoms with E-state index in [4.69, 9.17) is 4.74 Å². The van der Waals surface area contributed by atoms with Crippen molar-refractivity contribution in [3.8, 4) is 5.75 Å². The summed E-state index contributed by atoms with van der Waals surface area (Å²) in [6, 6.07) is 30.4. The molecule has 1 heterocycles. The van der Waals surface area contributed by atoms with Gasteiger partial charge >= 0.3 is 0 Å². The molecule has 4 aromatic carbocycles. The fraction of sp³-hybridized carbons (Fsp3) is 0.111. The molecule has 0 spiro atoms. The number of carbonyl (C=O) groups excluding carboxylic acids is 2. The summed E-state index contributed by atoms with van der Waals surface area (Å²) in [5, 5.41) is 2.27. The van der Waals surface area contributed by atoms with Crippen LogP contribution >= 0.6 is 0 Å². The largest absolute Gasteiger partial charge is 0.493 e. The molecule has 1 atom stereocenters. The number of fused-ring (bicyclic) bond motifs is 2. The Labute approximate surface area is 180 Å². The van der Waals surface area contributed by atoms with Crippen LogP contribution in [0.2, 0.25) is 0 Å². The van der Waals surface area contributed by atoms with Gasteiger partial charge in [0.15, 0.2) is 0 Å². The van der Waals surface area contributed by atoms with Crippen molar-refractivity contribution in [3.63, 3.8) is 0 Å². The van der Waals surface area contributed by atoms with Crippen LogP contribution in [0.4, 0.5) is 0 Å². The van der Waals surface area contributed by atoms with Crippen molar-refractivity contribution in [2.75, 3.05) is 6.61 Å². The van der Waals surface area contributed by atoms with Crippen LogP contribution < -0.4 is 4.74 Å². The number of rotatable bonds is 6. The number of ether oxygens (including phenoxy) is 1. The van der Waals surface area contributed by atoms with E-state index in [1.165, 1.54) is 4.90 Å². The van der Waals surface area contributed by atoms with Gasteiger partial charge in [-0.25, -0.2) is 0 Å². The number of benzene rings is 4. The van der Waals surface area contributed by atoms with Crippen molar-refractivity contribution in [3.05, 3.63) is 114 Å². The zero-order valence-electron chi connectivity index (χ0n) is 16.9. The molecule has 0 aromatic heterocycles. The SMILES string of the molecule is O=C1c2ccccc2C(=O)N1[C@@H](CCOc1ccc2ccccc2c1)c1ccccc1. The van der Waals surface area contributed by atoms with E-state index in [0.717, 1.165) is 22.1 Å². The summed E-state index contributed by atoms with van der Waals surface area (Å²) in [5.41, 5.74) is 1.84. The first-order valence-corrected chi connectivity index (χ1v) is 10.4. The minimum atomic E-state index is -0.394. The molecule has 0 saturated carbocycles. The number of imide groups is 1. The van der Waals surface area contributed by atoms with E-state index in [9.17, 15) is 9.59 Å². The van der Waals surface area contributed by atoms with E-state index in [-0.39, 0.29) is 11.8 Å². The van der Waals surface area contributed by atoms with Crippen molar-refractivity contribution in [2.24, 2.45) is 0 Å². The second-order valence-electron chi connectivity index (χ2n) is 7.60. The minimum Gasteiger partial charge on any atom is -0.493 e. The Morgan fingerprint density at radius 3 is 2.00 bits per heavy atom. The first-order valence-electron chi connectivity index (χ1n) is 10.4. The topological polar surface area (TPSA) is 46.6 Å². The van der Waals surface area contributed by atoms with Crippen LogP contribution in [0.3, 0.4) is 0 Å². The molecule has 0 radical (unpaired) electrons. The van der Waals surface area contributed by atoms with Gasteiger partial charge in [0, 0.05) is 6.42 Å². The second-order valence-corrected chi connectivity index (χ2v) is 7.60. The summed E-state index contributed by atoms with van der Waals surface area (Å²) in [4.78, 5) is 27.5. The molecule has 4 heteroatoms. The standard InChI is InChI=1S/C27H21NO3/c29-26-23-12-6-7-13-24(23)27(30)28(26)25(20-9-2-1-3-10-20)16-17-31-22-15-14-19-8-4-5-11-21(19)18-22/h1-15,18,25H,16-17H2/t25-/m0/s1. The fourth-order valence-electron chi connectivity index (χ4n) is 4.16. The van der Waals surface area contributed by atoms with E-state index >= 15 is 0 Å². The third-order valence-corrected chi connectivity index (χ3v) is 5.70. The van der Waals surface area contributed by atoms with E-state index in [0.29, 0.717) is 24.2 Å². The van der Waals surface area contributed by atoms with Gasteiger partial charge in [0.05, 0.1) is 23.8 Å². The predicted molar refractivity (Wildman–Crippen MR) is 120 cm³/mol. The molecule has 31 heavy (non-hydrogen) atoms. The maximum absolute atomic E-state index is 13.1. The summed E-state index contributed by atoms with van der Waals surface area (Å²) in [7, 11) is 0. The molecule has 0 fully saturated rings. The number of hydrogen-bond donors (Lipinski definition) is 0. The van der Waals surface area contributed by atoms with Crippen LogP contribution in [0.15, 0.2) is 97.1 Å². The van der Waals surface area contributed by atoms with Gasteiger partial charge in [-0.1, -0.05) is 72.8 Å². The number of nitrogens with zero attached hydrogens (tertiary/aromatic N) is 1. The van der Waals surface area contributed by atoms with Crippen molar-refractivity contribution in [1.29, 1.82) is 0 Å². The molecule has 1 aliphatic heterocycles. The molecule has 0 unspecified atom stereocenters. The normalized spacial score (nSPS) is 14.0. The molecule has 0 N–H and O–H groups in total. The molecular weight excluding hydrogens is 386 g/mol. The molecular formula is C27H21NO3. The smallest absolute Gasteiger partial charge is 0.262 e. The molecule has 4 aromatic rings. The number of hydrogen-bond acceptors (Lipinski definition) is 3. The zero-order valence-corrected chi connectivity index (χ0v) is 16.9. The lowest BCUT2D eigenvalue weighted by Crippen LogP contribution is -2.35. The summed E-state index contributed by atoms with van der Waals surface area (Å²) in [5.74, 6) is 0.271. The van der Waals surface area contributed by atoms with Crippen molar-refractivity contribution in [1.82, 2.24) is 4.90 Å². The maximum Gasteiger partial charge on any atom is 0.262 e. The maximum atomic E-state index is 13.1. The second kappa shape index (κ2) is 8.07. The molecule has 4 nitrogen and oxygen atoms in total. The van der Waals surface area contributed by atoms with E-state index < -0.39 is 6.04 Å². The predicted octanol–water partition coefficient (Wildman–Crippen LogP) is 5.65. The van der Waals surface area contributed by atoms with Gasteiger partial charge in [0.25, 0.3) is 11.8 Å². The average molecular weight is 407 g/mol. The number of amides is 2. The van der Waals surface area contributed by atoms with E-state index in [1.54, 1.807) is 24.3 Å². The Bertz CT molecular complexity index is 1230. The van der Waals surface area contributed by atoms with Crippen molar-refractivity contribution < 1.29 is 14.3 Å². The van der Waals surface area contributed by atoms with Crippen LogP contribution in [0.25, 0.3) is 10.8 Å². The van der Waals surface area contributed by atoms with Gasteiger partial charge < -0.3 is 4.74 Å². The monoisotopic (exact) mass is 407 g/mol. The Morgan fingerprint density at radius 1 is 0.677 bits per heavy atom. The van der Waals surface area contributed by atoms with E-state index in [2.05, 4.69) is 6.07 Å². The minimum absolute atomic E-state index is 0.250. The quantitative estimate of drug-likeness (QED) is 0.388. The molecule has 1 aliphatic rings. The van der Waals surface area contributed by atoms with Gasteiger partial charge in [0.1, 0.15) is 5.75 Å². The Kier molecular flexibility index (Phi) is 4.97. The highest BCUT2D eigenvalue weighted by Crippen LogP contribution is 2.33. The van der Waals surface area contributed by atoms with Gasteiger partial charge in [0.2, 0.25) is 0 Å². The lowest BCUT2D eigenvalue weighted by molar-refractivity contribution is 0.0561. The lowest BCUT2D eigenvalue weighted by Gasteiger charge is -2.27.